The van der Waals surface area contributed by atoms with Gasteiger partial charge in [0.15, 0.2) is 0 Å². The van der Waals surface area contributed by atoms with Gasteiger partial charge in [-0.2, -0.15) is 0 Å². The van der Waals surface area contributed by atoms with Crippen LogP contribution in [0.2, 0.25) is 0 Å². The quantitative estimate of drug-likeness (QED) is 0.169. The number of amides is 2. The fourth-order valence-electron chi connectivity index (χ4n) is 7.98. The number of carboxylic acid groups (broad SMARTS) is 1. The summed E-state index contributed by atoms with van der Waals surface area (Å²) < 4.78 is 13.5. The lowest BCUT2D eigenvalue weighted by molar-refractivity contribution is -0.137. The first-order chi connectivity index (χ1) is 25.3. The molecule has 1 N–H and O–H groups in total. The molecule has 270 valence electrons. The highest BCUT2D eigenvalue weighted by molar-refractivity contribution is 6.08. The van der Waals surface area contributed by atoms with Crippen molar-refractivity contribution in [1.82, 2.24) is 19.4 Å². The fraction of sp³-hybridized carbons (Fsp3) is 0.381. The number of rotatable bonds is 10. The summed E-state index contributed by atoms with van der Waals surface area (Å²) in [6, 6.07) is 26.4. The van der Waals surface area contributed by atoms with Gasteiger partial charge >= 0.3 is 12.1 Å². The summed E-state index contributed by atoms with van der Waals surface area (Å²) in [6.45, 7) is 7.96. The minimum atomic E-state index is -0.815. The van der Waals surface area contributed by atoms with E-state index in [1.165, 1.54) is 0 Å². The van der Waals surface area contributed by atoms with Crippen LogP contribution in [-0.2, 0) is 38.6 Å². The second kappa shape index (κ2) is 15.6. The predicted molar refractivity (Wildman–Crippen MR) is 199 cm³/mol. The largest absolute Gasteiger partial charge is 0.481 e. The number of carbonyl (C=O) groups is 3. The Hall–Kier alpha value is -5.22. The molecule has 1 unspecified atom stereocenters. The van der Waals surface area contributed by atoms with Gasteiger partial charge in [0, 0.05) is 68.8 Å². The van der Waals surface area contributed by atoms with Gasteiger partial charge in [0.2, 0.25) is 5.91 Å². The third-order valence-corrected chi connectivity index (χ3v) is 10.8. The number of fused-ring (bicyclic) bond motifs is 3. The normalized spacial score (nSPS) is 16.0. The third kappa shape index (κ3) is 7.39. The van der Waals surface area contributed by atoms with Crippen LogP contribution in [0.4, 0.5) is 4.79 Å². The topological polar surface area (TPSA) is 114 Å². The van der Waals surface area contributed by atoms with Crippen molar-refractivity contribution in [3.05, 3.63) is 112 Å². The van der Waals surface area contributed by atoms with E-state index >= 15 is 0 Å². The summed E-state index contributed by atoms with van der Waals surface area (Å²) in [6.07, 6.45) is 1.81. The molecule has 0 spiro atoms. The van der Waals surface area contributed by atoms with Crippen LogP contribution in [0.25, 0.3) is 21.9 Å². The Balaban J connectivity index is 1.09. The first-order valence-corrected chi connectivity index (χ1v) is 18.3. The maximum Gasteiger partial charge on any atom is 0.410 e. The number of aryl methyl sites for hydroxylation is 2. The van der Waals surface area contributed by atoms with Gasteiger partial charge in [0.05, 0.1) is 11.4 Å². The third-order valence-electron chi connectivity index (χ3n) is 10.8. The average molecular weight is 703 g/mol. The molecule has 0 aliphatic carbocycles. The molecule has 10 nitrogen and oxygen atoms in total. The van der Waals surface area contributed by atoms with E-state index in [1.807, 2.05) is 54.3 Å². The summed E-state index contributed by atoms with van der Waals surface area (Å²) in [4.78, 5) is 47.1. The van der Waals surface area contributed by atoms with Crippen molar-refractivity contribution in [2.75, 3.05) is 39.4 Å². The Bertz CT molecular complexity index is 2060. The van der Waals surface area contributed by atoms with Crippen molar-refractivity contribution in [3.63, 3.8) is 0 Å². The molecule has 7 rings (SSSR count). The summed E-state index contributed by atoms with van der Waals surface area (Å²) in [7, 11) is 0. The summed E-state index contributed by atoms with van der Waals surface area (Å²) in [5.41, 5.74) is 7.93. The number of nitrogens with zero attached hydrogens (tertiary/aromatic N) is 4. The zero-order valence-electron chi connectivity index (χ0n) is 29.9. The van der Waals surface area contributed by atoms with Gasteiger partial charge in [0.25, 0.3) is 0 Å². The number of hydrogen-bond donors (Lipinski definition) is 1. The van der Waals surface area contributed by atoms with E-state index in [1.54, 1.807) is 4.90 Å². The standard InChI is InChI=1S/C42H46N4O6/c1-28-34(16-17-37(47)48)29(2)43-40-38(28)35-10-6-7-11-36(35)46(40)26-30-12-14-32(15-13-30)39(33-18-24-51-25-19-33)41(49)44-20-22-45(23-21-44)42(50)52-27-31-8-4-3-5-9-31/h3-15,33,39H,16-27H2,1-2H3,(H,47,48). The molecule has 0 bridgehead atoms. The summed E-state index contributed by atoms with van der Waals surface area (Å²) >= 11 is 0. The van der Waals surface area contributed by atoms with Gasteiger partial charge in [-0.05, 0) is 72.9 Å². The lowest BCUT2D eigenvalue weighted by Gasteiger charge is -2.38. The number of pyridine rings is 1. The van der Waals surface area contributed by atoms with Gasteiger partial charge in [-0.3, -0.25) is 9.59 Å². The van der Waals surface area contributed by atoms with Crippen molar-refractivity contribution >= 4 is 39.9 Å². The molecule has 2 saturated heterocycles. The molecule has 1 atom stereocenters. The smallest absolute Gasteiger partial charge is 0.410 e. The van der Waals surface area contributed by atoms with Crippen molar-refractivity contribution in [1.29, 1.82) is 0 Å². The second-order valence-corrected chi connectivity index (χ2v) is 14.0. The van der Waals surface area contributed by atoms with E-state index in [9.17, 15) is 19.5 Å². The summed E-state index contributed by atoms with van der Waals surface area (Å²) in [5.74, 6) is -0.833. The van der Waals surface area contributed by atoms with Crippen LogP contribution in [-0.4, -0.2) is 81.8 Å². The molecule has 4 heterocycles. The van der Waals surface area contributed by atoms with Crippen LogP contribution >= 0.6 is 0 Å². The average Bonchev–Trinajstić information content (AvgIpc) is 3.47. The highest BCUT2D eigenvalue weighted by Crippen LogP contribution is 2.36. The zero-order chi connectivity index (χ0) is 36.2. The number of aromatic nitrogens is 2. The molecule has 5 aromatic rings. The van der Waals surface area contributed by atoms with Gasteiger partial charge in [-0.25, -0.2) is 9.78 Å². The van der Waals surface area contributed by atoms with Crippen molar-refractivity contribution in [2.45, 2.75) is 58.6 Å². The molecule has 0 saturated carbocycles. The second-order valence-electron chi connectivity index (χ2n) is 14.0. The van der Waals surface area contributed by atoms with E-state index in [0.29, 0.717) is 52.4 Å². The van der Waals surface area contributed by atoms with Gasteiger partial charge in [-0.15, -0.1) is 0 Å². The molecular formula is C42H46N4O6. The molecular weight excluding hydrogens is 656 g/mol. The first-order valence-electron chi connectivity index (χ1n) is 18.3. The Kier molecular flexibility index (Phi) is 10.5. The van der Waals surface area contributed by atoms with Crippen LogP contribution in [0, 0.1) is 19.8 Å². The SMILES string of the molecule is Cc1nc2c(c(C)c1CCC(=O)O)c1ccccc1n2Cc1ccc(C(C(=O)N2CCN(C(=O)OCc3ccccc3)CC2)C2CCOCC2)cc1. The Morgan fingerprint density at radius 2 is 1.54 bits per heavy atom. The highest BCUT2D eigenvalue weighted by atomic mass is 16.6. The number of piperazine rings is 1. The van der Waals surface area contributed by atoms with E-state index in [-0.39, 0.29) is 36.9 Å². The van der Waals surface area contributed by atoms with Gasteiger partial charge < -0.3 is 28.9 Å². The molecule has 10 heteroatoms. The molecule has 2 fully saturated rings. The van der Waals surface area contributed by atoms with Crippen LogP contribution in [0.15, 0.2) is 78.9 Å². The van der Waals surface area contributed by atoms with Gasteiger partial charge in [-0.1, -0.05) is 72.8 Å². The number of carboxylic acids is 1. The number of ether oxygens (including phenoxy) is 2. The number of para-hydroxylation sites is 1. The van der Waals surface area contributed by atoms with E-state index in [0.717, 1.165) is 68.3 Å². The molecule has 0 radical (unpaired) electrons. The first kappa shape index (κ1) is 35.2. The monoisotopic (exact) mass is 702 g/mol. The van der Waals surface area contributed by atoms with Crippen LogP contribution in [0.3, 0.4) is 0 Å². The van der Waals surface area contributed by atoms with Crippen molar-refractivity contribution in [2.24, 2.45) is 5.92 Å². The highest BCUT2D eigenvalue weighted by Gasteiger charge is 2.36. The number of hydrogen-bond acceptors (Lipinski definition) is 6. The molecule has 2 aliphatic heterocycles. The van der Waals surface area contributed by atoms with Crippen LogP contribution in [0.5, 0.6) is 0 Å². The predicted octanol–water partition coefficient (Wildman–Crippen LogP) is 6.86. The maximum absolute atomic E-state index is 14.3. The fourth-order valence-corrected chi connectivity index (χ4v) is 7.98. The number of aliphatic carboxylic acids is 1. The minimum absolute atomic E-state index is 0.0667. The number of benzene rings is 3. The molecule has 52 heavy (non-hydrogen) atoms. The van der Waals surface area contributed by atoms with E-state index in [4.69, 9.17) is 14.5 Å². The molecule has 2 amide bonds. The minimum Gasteiger partial charge on any atom is -0.481 e. The lowest BCUT2D eigenvalue weighted by Crippen LogP contribution is -2.52. The Morgan fingerprint density at radius 1 is 0.865 bits per heavy atom. The van der Waals surface area contributed by atoms with E-state index in [2.05, 4.69) is 47.9 Å². The van der Waals surface area contributed by atoms with Crippen molar-refractivity contribution < 1.29 is 29.0 Å². The van der Waals surface area contributed by atoms with E-state index < -0.39 is 5.97 Å². The molecule has 2 aliphatic rings. The lowest BCUT2D eigenvalue weighted by atomic mass is 9.80. The van der Waals surface area contributed by atoms with Crippen molar-refractivity contribution in [3.8, 4) is 0 Å². The Labute approximate surface area is 303 Å². The number of carbonyl (C=O) groups excluding carboxylic acids is 2. The Morgan fingerprint density at radius 3 is 2.25 bits per heavy atom. The molecule has 2 aromatic heterocycles. The van der Waals surface area contributed by atoms with Crippen LogP contribution < -0.4 is 0 Å². The molecule has 3 aromatic carbocycles. The van der Waals surface area contributed by atoms with Crippen LogP contribution in [0.1, 0.15) is 58.7 Å². The van der Waals surface area contributed by atoms with Gasteiger partial charge in [0.1, 0.15) is 12.3 Å². The zero-order valence-corrected chi connectivity index (χ0v) is 29.9. The summed E-state index contributed by atoms with van der Waals surface area (Å²) in [5, 5.41) is 11.5. The maximum atomic E-state index is 14.3.